The number of alkyl halides is 3. The lowest BCUT2D eigenvalue weighted by Gasteiger charge is -2.36. The molecule has 2 fully saturated rings. The molecule has 204 valence electrons. The van der Waals surface area contributed by atoms with Gasteiger partial charge >= 0.3 is 6.18 Å². The summed E-state index contributed by atoms with van der Waals surface area (Å²) in [6.45, 7) is 2.35. The van der Waals surface area contributed by atoms with Crippen LogP contribution in [0.4, 0.5) is 24.5 Å². The van der Waals surface area contributed by atoms with Gasteiger partial charge in [0.05, 0.1) is 29.7 Å². The monoisotopic (exact) mass is 535 g/mol. The van der Waals surface area contributed by atoms with Gasteiger partial charge < -0.3 is 19.3 Å². The molecule has 2 heterocycles. The Bertz CT molecular complexity index is 1140. The van der Waals surface area contributed by atoms with E-state index in [1.807, 2.05) is 12.1 Å². The Morgan fingerprint density at radius 3 is 2.34 bits per heavy atom. The minimum absolute atomic E-state index is 0.0154. The number of halogens is 3. The number of hydrogen-bond acceptors (Lipinski definition) is 9. The van der Waals surface area contributed by atoms with Gasteiger partial charge in [-0.15, -0.1) is 5.23 Å². The van der Waals surface area contributed by atoms with Crippen molar-refractivity contribution < 1.29 is 37.9 Å². The number of nitrogens with zero attached hydrogens (tertiary/aromatic N) is 5. The van der Waals surface area contributed by atoms with E-state index >= 15 is 0 Å². The van der Waals surface area contributed by atoms with Gasteiger partial charge in [0.15, 0.2) is 0 Å². The molecule has 1 aliphatic carbocycles. The predicted octanol–water partition coefficient (Wildman–Crippen LogP) is 3.61. The number of anilines is 2. The standard InChI is InChI=1S/C25H28F3N5O5/c26-25(27,28)22-13-21(7-8-23(22)33(35)36)38-20-5-3-19(4-6-20)37-16-24(34)32-11-9-31(10-12-32)18-2-1-17(14-29)30-15-18/h1-2,7-8,13,15,19-20,35-36H,3-6,9-12,16H2. The summed E-state index contributed by atoms with van der Waals surface area (Å²) in [5.41, 5.74) is -0.753. The molecule has 1 saturated heterocycles. The normalized spacial score (nSPS) is 20.1. The Hall–Kier alpha value is -3.60. The average molecular weight is 536 g/mol. The molecule has 2 N–H and O–H groups in total. The fraction of sp³-hybridized carbons (Fsp3) is 0.480. The Labute approximate surface area is 217 Å². The number of hydrogen-bond donors (Lipinski definition) is 2. The largest absolute Gasteiger partial charge is 0.490 e. The van der Waals surface area contributed by atoms with Gasteiger partial charge in [-0.25, -0.2) is 4.98 Å². The first-order valence-corrected chi connectivity index (χ1v) is 12.2. The van der Waals surface area contributed by atoms with Crippen molar-refractivity contribution in [2.75, 3.05) is 42.9 Å². The molecule has 0 unspecified atom stereocenters. The van der Waals surface area contributed by atoms with E-state index in [2.05, 4.69) is 9.88 Å². The van der Waals surface area contributed by atoms with E-state index < -0.39 is 22.7 Å². The van der Waals surface area contributed by atoms with Crippen LogP contribution in [0.15, 0.2) is 36.5 Å². The lowest BCUT2D eigenvalue weighted by molar-refractivity contribution is -0.140. The highest BCUT2D eigenvalue weighted by Gasteiger charge is 2.36. The number of aromatic nitrogens is 1. The molecule has 38 heavy (non-hydrogen) atoms. The molecule has 1 aromatic heterocycles. The van der Waals surface area contributed by atoms with E-state index in [4.69, 9.17) is 25.2 Å². The number of pyridine rings is 1. The predicted molar refractivity (Wildman–Crippen MR) is 128 cm³/mol. The van der Waals surface area contributed by atoms with Gasteiger partial charge in [-0.1, -0.05) is 0 Å². The molecule has 0 bridgehead atoms. The molecule has 0 radical (unpaired) electrons. The van der Waals surface area contributed by atoms with Crippen molar-refractivity contribution in [2.24, 2.45) is 0 Å². The summed E-state index contributed by atoms with van der Waals surface area (Å²) in [6.07, 6.45) is -1.30. The molecule has 0 spiro atoms. The third-order valence-corrected chi connectivity index (χ3v) is 6.72. The van der Waals surface area contributed by atoms with Crippen LogP contribution >= 0.6 is 0 Å². The number of carbonyl (C=O) groups is 1. The van der Waals surface area contributed by atoms with Crippen molar-refractivity contribution in [1.29, 1.82) is 5.26 Å². The molecule has 13 heteroatoms. The number of ether oxygens (including phenoxy) is 2. The summed E-state index contributed by atoms with van der Waals surface area (Å²) in [6, 6.07) is 8.42. The maximum Gasteiger partial charge on any atom is 0.418 e. The van der Waals surface area contributed by atoms with Crippen LogP contribution < -0.4 is 14.9 Å². The van der Waals surface area contributed by atoms with Crippen molar-refractivity contribution >= 4 is 17.3 Å². The Morgan fingerprint density at radius 2 is 1.76 bits per heavy atom. The smallest absolute Gasteiger partial charge is 0.418 e. The summed E-state index contributed by atoms with van der Waals surface area (Å²) in [5.74, 6) is -0.110. The van der Waals surface area contributed by atoms with Gasteiger partial charge in [0.1, 0.15) is 29.8 Å². The molecule has 1 aliphatic heterocycles. The van der Waals surface area contributed by atoms with Gasteiger partial charge in [-0.3, -0.25) is 15.2 Å². The first kappa shape index (κ1) is 27.4. The van der Waals surface area contributed by atoms with Crippen molar-refractivity contribution in [3.8, 4) is 11.8 Å². The van der Waals surface area contributed by atoms with E-state index in [1.165, 1.54) is 6.07 Å². The summed E-state index contributed by atoms with van der Waals surface area (Å²) < 4.78 is 51.3. The molecule has 2 aromatic rings. The highest BCUT2D eigenvalue weighted by atomic mass is 19.4. The summed E-state index contributed by atoms with van der Waals surface area (Å²) >= 11 is 0. The summed E-state index contributed by atoms with van der Waals surface area (Å²) in [5, 5.41) is 26.4. The fourth-order valence-electron chi connectivity index (χ4n) is 4.63. The SMILES string of the molecule is N#Cc1ccc(N2CCN(C(=O)COC3CCC(Oc4ccc(N(O)O)c(C(F)(F)F)c4)CC3)CC2)cn1. The van der Waals surface area contributed by atoms with Gasteiger partial charge in [0, 0.05) is 26.2 Å². The first-order chi connectivity index (χ1) is 18.1. The number of piperazine rings is 1. The molecule has 0 atom stereocenters. The maximum atomic E-state index is 13.3. The second-order valence-corrected chi connectivity index (χ2v) is 9.18. The molecule has 4 rings (SSSR count). The lowest BCUT2D eigenvalue weighted by Crippen LogP contribution is -2.50. The molecule has 10 nitrogen and oxygen atoms in total. The molecular weight excluding hydrogens is 507 g/mol. The van der Waals surface area contributed by atoms with Gasteiger partial charge in [0.25, 0.3) is 0 Å². The van der Waals surface area contributed by atoms with Crippen LogP contribution in [0.25, 0.3) is 0 Å². The van der Waals surface area contributed by atoms with Crippen molar-refractivity contribution in [3.05, 3.63) is 47.8 Å². The van der Waals surface area contributed by atoms with Gasteiger partial charge in [-0.2, -0.15) is 18.4 Å². The number of carbonyl (C=O) groups excluding carboxylic acids is 1. The van der Waals surface area contributed by atoms with Crippen molar-refractivity contribution in [2.45, 2.75) is 44.1 Å². The molecular formula is C25H28F3N5O5. The van der Waals surface area contributed by atoms with Crippen LogP contribution in [-0.4, -0.2) is 71.2 Å². The minimum atomic E-state index is -4.79. The number of rotatable bonds is 7. The van der Waals surface area contributed by atoms with Crippen LogP contribution in [0.1, 0.15) is 36.9 Å². The van der Waals surface area contributed by atoms with Gasteiger partial charge in [0.2, 0.25) is 5.91 Å². The Morgan fingerprint density at radius 1 is 1.08 bits per heavy atom. The molecule has 1 amide bonds. The average Bonchev–Trinajstić information content (AvgIpc) is 2.92. The zero-order valence-corrected chi connectivity index (χ0v) is 20.5. The lowest BCUT2D eigenvalue weighted by atomic mass is 9.95. The Kier molecular flexibility index (Phi) is 8.55. The van der Waals surface area contributed by atoms with E-state index in [0.29, 0.717) is 57.6 Å². The van der Waals surface area contributed by atoms with Crippen LogP contribution in [-0.2, 0) is 15.7 Å². The zero-order chi connectivity index (χ0) is 27.3. The molecule has 1 saturated carbocycles. The second-order valence-electron chi connectivity index (χ2n) is 9.18. The van der Waals surface area contributed by atoms with Crippen molar-refractivity contribution in [3.63, 3.8) is 0 Å². The zero-order valence-electron chi connectivity index (χ0n) is 20.5. The first-order valence-electron chi connectivity index (χ1n) is 12.2. The Balaban J connectivity index is 1.19. The molecule has 2 aliphatic rings. The van der Waals surface area contributed by atoms with Crippen LogP contribution in [0.5, 0.6) is 5.75 Å². The van der Waals surface area contributed by atoms with Crippen LogP contribution in [0.2, 0.25) is 0 Å². The van der Waals surface area contributed by atoms with Gasteiger partial charge in [-0.05, 0) is 56.0 Å². The van der Waals surface area contributed by atoms with E-state index in [-0.39, 0.29) is 30.5 Å². The van der Waals surface area contributed by atoms with E-state index in [9.17, 15) is 18.0 Å². The van der Waals surface area contributed by atoms with Crippen molar-refractivity contribution in [1.82, 2.24) is 9.88 Å². The maximum absolute atomic E-state index is 13.3. The van der Waals surface area contributed by atoms with E-state index in [1.54, 1.807) is 17.2 Å². The fourth-order valence-corrected chi connectivity index (χ4v) is 4.63. The minimum Gasteiger partial charge on any atom is -0.490 e. The topological polar surface area (TPSA) is 122 Å². The van der Waals surface area contributed by atoms with E-state index in [0.717, 1.165) is 17.8 Å². The summed E-state index contributed by atoms with van der Waals surface area (Å²) in [4.78, 5) is 20.6. The number of benzene rings is 1. The quantitative estimate of drug-likeness (QED) is 0.512. The highest BCUT2D eigenvalue weighted by Crippen LogP contribution is 2.39. The number of nitriles is 1. The highest BCUT2D eigenvalue weighted by molar-refractivity contribution is 5.77. The third-order valence-electron chi connectivity index (χ3n) is 6.72. The molecule has 1 aromatic carbocycles. The van der Waals surface area contributed by atoms with Crippen LogP contribution in [0, 0.1) is 11.3 Å². The number of amides is 1. The van der Waals surface area contributed by atoms with Crippen LogP contribution in [0.3, 0.4) is 0 Å². The summed E-state index contributed by atoms with van der Waals surface area (Å²) in [7, 11) is 0. The third kappa shape index (κ3) is 6.83. The second kappa shape index (κ2) is 11.8.